The number of aliphatic hydroxyl groups is 1. The lowest BCUT2D eigenvalue weighted by atomic mass is 10.1. The Kier molecular flexibility index (Phi) is 8.17. The van der Waals surface area contributed by atoms with Crippen LogP contribution in [0.3, 0.4) is 0 Å². The van der Waals surface area contributed by atoms with Gasteiger partial charge in [-0.15, -0.1) is 0 Å². The Morgan fingerprint density at radius 1 is 1.30 bits per heavy atom. The molecule has 1 aromatic carbocycles. The van der Waals surface area contributed by atoms with Gasteiger partial charge in [-0.05, 0) is 65.3 Å². The molecule has 0 radical (unpaired) electrons. The number of carbonyl (C=O) groups excluding carboxylic acids is 1. The van der Waals surface area contributed by atoms with Gasteiger partial charge >= 0.3 is 6.09 Å². The third-order valence-electron chi connectivity index (χ3n) is 4.71. The zero-order valence-electron chi connectivity index (χ0n) is 19.0. The molecule has 2 atom stereocenters. The summed E-state index contributed by atoms with van der Waals surface area (Å²) < 4.78 is 16.9. The third kappa shape index (κ3) is 6.93. The molecule has 30 heavy (non-hydrogen) atoms. The van der Waals surface area contributed by atoms with Gasteiger partial charge in [0.15, 0.2) is 0 Å². The van der Waals surface area contributed by atoms with Crippen LogP contribution in [-0.2, 0) is 9.47 Å². The molecule has 1 fully saturated rings. The van der Waals surface area contributed by atoms with E-state index in [0.29, 0.717) is 6.61 Å². The van der Waals surface area contributed by atoms with Crippen LogP contribution in [0.1, 0.15) is 66.4 Å². The molecule has 1 heterocycles. The van der Waals surface area contributed by atoms with Gasteiger partial charge in [-0.25, -0.2) is 4.79 Å². The topological polar surface area (TPSA) is 68.2 Å². The van der Waals surface area contributed by atoms with Crippen molar-refractivity contribution in [3.05, 3.63) is 29.8 Å². The summed E-state index contributed by atoms with van der Waals surface area (Å²) in [5.41, 5.74) is -0.763. The van der Waals surface area contributed by atoms with Crippen molar-refractivity contribution in [2.75, 3.05) is 13.2 Å². The Bertz CT molecular complexity index is 755. The van der Waals surface area contributed by atoms with Crippen LogP contribution in [0.25, 0.3) is 0 Å². The van der Waals surface area contributed by atoms with E-state index in [2.05, 4.69) is 18.8 Å². The van der Waals surface area contributed by atoms with E-state index in [1.807, 2.05) is 24.3 Å². The van der Waals surface area contributed by atoms with Crippen molar-refractivity contribution in [1.82, 2.24) is 4.90 Å². The lowest BCUT2D eigenvalue weighted by Crippen LogP contribution is -2.53. The highest BCUT2D eigenvalue weighted by Gasteiger charge is 2.48. The average molecular weight is 418 g/mol. The standard InChI is InChI=1S/C24H35NO5/c1-7-8-9-16-28-19-13-10-18(11-14-19)12-15-21(26)20-17-29-24(5,6)25(20)22(27)30-23(2,3)4/h10-11,13-14,20-21,26H,7-9,16-17H2,1-6H3/t20?,21-/m0/s1. The summed E-state index contributed by atoms with van der Waals surface area (Å²) in [6.45, 7) is 12.0. The molecule has 1 aromatic rings. The second-order valence-corrected chi connectivity index (χ2v) is 8.97. The van der Waals surface area contributed by atoms with E-state index in [1.165, 1.54) is 4.90 Å². The molecule has 0 spiro atoms. The van der Waals surface area contributed by atoms with E-state index in [0.717, 1.165) is 30.6 Å². The fraction of sp³-hybridized carbons (Fsp3) is 0.625. The molecule has 1 amide bonds. The van der Waals surface area contributed by atoms with Crippen molar-refractivity contribution in [3.63, 3.8) is 0 Å². The third-order valence-corrected chi connectivity index (χ3v) is 4.71. The monoisotopic (exact) mass is 417 g/mol. The van der Waals surface area contributed by atoms with E-state index in [1.54, 1.807) is 34.6 Å². The Hall–Kier alpha value is -2.23. The maximum atomic E-state index is 12.7. The largest absolute Gasteiger partial charge is 0.494 e. The zero-order valence-corrected chi connectivity index (χ0v) is 19.0. The SMILES string of the molecule is CCCCCOc1ccc(C#C[C@H](O)C2COC(C)(C)N2C(=O)OC(C)(C)C)cc1. The van der Waals surface area contributed by atoms with Crippen molar-refractivity contribution in [2.45, 2.75) is 84.3 Å². The zero-order chi connectivity index (χ0) is 22.4. The van der Waals surface area contributed by atoms with Crippen LogP contribution in [0.2, 0.25) is 0 Å². The fourth-order valence-corrected chi connectivity index (χ4v) is 3.16. The van der Waals surface area contributed by atoms with Crippen LogP contribution >= 0.6 is 0 Å². The molecule has 1 aliphatic rings. The number of unbranched alkanes of at least 4 members (excludes halogenated alkanes) is 2. The first kappa shape index (κ1) is 24.0. The number of benzene rings is 1. The van der Waals surface area contributed by atoms with Gasteiger partial charge in [-0.1, -0.05) is 31.6 Å². The first-order valence-corrected chi connectivity index (χ1v) is 10.6. The lowest BCUT2D eigenvalue weighted by molar-refractivity contribution is -0.0658. The molecule has 1 unspecified atom stereocenters. The number of hydrogen-bond donors (Lipinski definition) is 1. The Morgan fingerprint density at radius 2 is 1.97 bits per heavy atom. The second-order valence-electron chi connectivity index (χ2n) is 8.97. The molecule has 6 nitrogen and oxygen atoms in total. The molecular weight excluding hydrogens is 382 g/mol. The number of hydrogen-bond acceptors (Lipinski definition) is 5. The van der Waals surface area contributed by atoms with E-state index >= 15 is 0 Å². The number of nitrogens with zero attached hydrogens (tertiary/aromatic N) is 1. The Labute approximate surface area is 180 Å². The van der Waals surface area contributed by atoms with Crippen LogP contribution in [0.4, 0.5) is 4.79 Å². The predicted octanol–water partition coefficient (Wildman–Crippen LogP) is 4.34. The lowest BCUT2D eigenvalue weighted by Gasteiger charge is -2.35. The summed E-state index contributed by atoms with van der Waals surface area (Å²) in [5, 5.41) is 10.7. The molecule has 0 bridgehead atoms. The summed E-state index contributed by atoms with van der Waals surface area (Å²) in [4.78, 5) is 14.1. The van der Waals surface area contributed by atoms with Gasteiger partial charge in [0.1, 0.15) is 23.2 Å². The highest BCUT2D eigenvalue weighted by molar-refractivity contribution is 5.70. The quantitative estimate of drug-likeness (QED) is 0.551. The summed E-state index contributed by atoms with van der Waals surface area (Å²) >= 11 is 0. The number of aliphatic hydroxyl groups excluding tert-OH is 1. The van der Waals surface area contributed by atoms with Crippen LogP contribution in [0.15, 0.2) is 24.3 Å². The van der Waals surface area contributed by atoms with Gasteiger partial charge in [0, 0.05) is 5.56 Å². The average Bonchev–Trinajstić information content (AvgIpc) is 2.98. The van der Waals surface area contributed by atoms with Gasteiger partial charge in [0.2, 0.25) is 0 Å². The van der Waals surface area contributed by atoms with E-state index in [-0.39, 0.29) is 6.61 Å². The van der Waals surface area contributed by atoms with Gasteiger partial charge in [0.25, 0.3) is 0 Å². The summed E-state index contributed by atoms with van der Waals surface area (Å²) in [5.74, 6) is 6.62. The highest BCUT2D eigenvalue weighted by Crippen LogP contribution is 2.30. The fourth-order valence-electron chi connectivity index (χ4n) is 3.16. The number of rotatable bonds is 6. The van der Waals surface area contributed by atoms with Crippen molar-refractivity contribution in [2.24, 2.45) is 0 Å². The minimum atomic E-state index is -1.07. The van der Waals surface area contributed by atoms with Crippen LogP contribution in [0, 0.1) is 11.8 Å². The Balaban J connectivity index is 2.03. The van der Waals surface area contributed by atoms with E-state index in [9.17, 15) is 9.90 Å². The van der Waals surface area contributed by atoms with Crippen LogP contribution in [0.5, 0.6) is 5.75 Å². The van der Waals surface area contributed by atoms with Gasteiger partial charge < -0.3 is 19.3 Å². The minimum Gasteiger partial charge on any atom is -0.494 e. The van der Waals surface area contributed by atoms with E-state index in [4.69, 9.17) is 14.2 Å². The first-order valence-electron chi connectivity index (χ1n) is 10.6. The van der Waals surface area contributed by atoms with Crippen LogP contribution < -0.4 is 4.74 Å². The van der Waals surface area contributed by atoms with Gasteiger partial charge in [-0.2, -0.15) is 0 Å². The normalized spacial score (nSPS) is 19.0. The molecule has 166 valence electrons. The summed E-state index contributed by atoms with van der Waals surface area (Å²) in [6, 6.07) is 6.85. The molecule has 6 heteroatoms. The highest BCUT2D eigenvalue weighted by atomic mass is 16.6. The summed E-state index contributed by atoms with van der Waals surface area (Å²) in [7, 11) is 0. The molecule has 2 rings (SSSR count). The maximum Gasteiger partial charge on any atom is 0.413 e. The predicted molar refractivity (Wildman–Crippen MR) is 116 cm³/mol. The molecule has 1 N–H and O–H groups in total. The van der Waals surface area contributed by atoms with Crippen molar-refractivity contribution in [1.29, 1.82) is 0 Å². The van der Waals surface area contributed by atoms with E-state index < -0.39 is 29.6 Å². The molecule has 1 aliphatic heterocycles. The summed E-state index contributed by atoms with van der Waals surface area (Å²) in [6.07, 6.45) is 1.76. The molecule has 1 saturated heterocycles. The van der Waals surface area contributed by atoms with Crippen molar-refractivity contribution < 1.29 is 24.1 Å². The molecule has 0 aliphatic carbocycles. The van der Waals surface area contributed by atoms with Crippen LogP contribution in [-0.4, -0.2) is 52.8 Å². The first-order chi connectivity index (χ1) is 14.0. The van der Waals surface area contributed by atoms with Crippen molar-refractivity contribution in [3.8, 4) is 17.6 Å². The minimum absolute atomic E-state index is 0.187. The molecule has 0 saturated carbocycles. The smallest absolute Gasteiger partial charge is 0.413 e. The molecule has 0 aromatic heterocycles. The van der Waals surface area contributed by atoms with Gasteiger partial charge in [0.05, 0.1) is 19.3 Å². The van der Waals surface area contributed by atoms with Crippen molar-refractivity contribution >= 4 is 6.09 Å². The van der Waals surface area contributed by atoms with Gasteiger partial charge in [-0.3, -0.25) is 4.90 Å². The number of carbonyl (C=O) groups is 1. The maximum absolute atomic E-state index is 12.7. The number of amides is 1. The Morgan fingerprint density at radius 3 is 2.57 bits per heavy atom. The number of ether oxygens (including phenoxy) is 3. The molecular formula is C24H35NO5. The second kappa shape index (κ2) is 10.2.